The summed E-state index contributed by atoms with van der Waals surface area (Å²) in [5.74, 6) is 0.00117. The molecule has 4 heteroatoms. The summed E-state index contributed by atoms with van der Waals surface area (Å²) in [5.41, 5.74) is 2.54. The number of benzene rings is 1. The maximum absolute atomic E-state index is 12.7. The summed E-state index contributed by atoms with van der Waals surface area (Å²) in [5, 5.41) is 1.10. The van der Waals surface area contributed by atoms with Crippen LogP contribution in [0.2, 0.25) is 0 Å². The summed E-state index contributed by atoms with van der Waals surface area (Å²) in [6, 6.07) is 15.9. The second-order valence-electron chi connectivity index (χ2n) is 5.92. The molecule has 0 saturated heterocycles. The number of fused-ring (bicyclic) bond motifs is 1. The lowest BCUT2D eigenvalue weighted by Gasteiger charge is -2.22. The van der Waals surface area contributed by atoms with E-state index in [4.69, 9.17) is 0 Å². The van der Waals surface area contributed by atoms with E-state index in [1.807, 2.05) is 47.5 Å². The van der Waals surface area contributed by atoms with Gasteiger partial charge in [-0.25, -0.2) is 0 Å². The van der Waals surface area contributed by atoms with Crippen LogP contribution in [0, 0.1) is 0 Å². The van der Waals surface area contributed by atoms with Crippen molar-refractivity contribution in [1.29, 1.82) is 0 Å². The van der Waals surface area contributed by atoms with Crippen LogP contribution in [-0.2, 0) is 6.54 Å². The molecule has 0 spiro atoms. The molecule has 1 saturated carbocycles. The third-order valence-electron chi connectivity index (χ3n) is 4.13. The molecule has 0 atom stereocenters. The monoisotopic (exact) mass is 303 g/mol. The van der Waals surface area contributed by atoms with Gasteiger partial charge in [-0.15, -0.1) is 0 Å². The Hall–Kier alpha value is -2.75. The van der Waals surface area contributed by atoms with Gasteiger partial charge in [0.05, 0.1) is 5.52 Å². The Bertz CT molecular complexity index is 843. The molecule has 114 valence electrons. The van der Waals surface area contributed by atoms with Gasteiger partial charge in [0.2, 0.25) is 0 Å². The van der Waals surface area contributed by atoms with Crippen molar-refractivity contribution in [2.45, 2.75) is 25.4 Å². The average molecular weight is 303 g/mol. The molecule has 4 rings (SSSR count). The van der Waals surface area contributed by atoms with Crippen LogP contribution in [0.1, 0.15) is 28.9 Å². The Balaban J connectivity index is 1.61. The Morgan fingerprint density at radius 2 is 1.91 bits per heavy atom. The van der Waals surface area contributed by atoms with Gasteiger partial charge in [-0.3, -0.25) is 14.8 Å². The van der Waals surface area contributed by atoms with Crippen molar-refractivity contribution in [3.8, 4) is 0 Å². The van der Waals surface area contributed by atoms with E-state index in [-0.39, 0.29) is 5.91 Å². The fraction of sp³-hybridized carbons (Fsp3) is 0.211. The minimum absolute atomic E-state index is 0.00117. The smallest absolute Gasteiger partial charge is 0.272 e. The highest BCUT2D eigenvalue weighted by molar-refractivity contribution is 5.92. The molecular formula is C19H17N3O. The number of nitrogens with zero attached hydrogens (tertiary/aromatic N) is 3. The van der Waals surface area contributed by atoms with Gasteiger partial charge >= 0.3 is 0 Å². The fourth-order valence-corrected chi connectivity index (χ4v) is 2.79. The lowest BCUT2D eigenvalue weighted by molar-refractivity contribution is 0.0724. The molecular weight excluding hydrogens is 286 g/mol. The molecule has 1 fully saturated rings. The van der Waals surface area contributed by atoms with Gasteiger partial charge in [0.15, 0.2) is 0 Å². The number of pyridine rings is 2. The van der Waals surface area contributed by atoms with E-state index in [1.54, 1.807) is 12.3 Å². The van der Waals surface area contributed by atoms with Crippen LogP contribution in [0.3, 0.4) is 0 Å². The first-order chi connectivity index (χ1) is 11.3. The van der Waals surface area contributed by atoms with Crippen molar-refractivity contribution < 1.29 is 4.79 Å². The molecule has 2 aromatic heterocycles. The molecule has 4 nitrogen and oxygen atoms in total. The van der Waals surface area contributed by atoms with Crippen LogP contribution < -0.4 is 0 Å². The molecule has 0 bridgehead atoms. The first-order valence-corrected chi connectivity index (χ1v) is 7.87. The predicted molar refractivity (Wildman–Crippen MR) is 88.9 cm³/mol. The SMILES string of the molecule is O=C(c1ccccn1)N(Cc1cnc2ccccc2c1)C1CC1. The zero-order valence-corrected chi connectivity index (χ0v) is 12.7. The Morgan fingerprint density at radius 1 is 1.09 bits per heavy atom. The Kier molecular flexibility index (Phi) is 3.50. The number of carbonyl (C=O) groups is 1. The zero-order chi connectivity index (χ0) is 15.6. The van der Waals surface area contributed by atoms with E-state index in [9.17, 15) is 4.79 Å². The quantitative estimate of drug-likeness (QED) is 0.742. The molecule has 1 aliphatic carbocycles. The number of hydrogen-bond acceptors (Lipinski definition) is 3. The number of amides is 1. The lowest BCUT2D eigenvalue weighted by atomic mass is 10.1. The maximum Gasteiger partial charge on any atom is 0.272 e. The first kappa shape index (κ1) is 13.9. The number of rotatable bonds is 4. The van der Waals surface area contributed by atoms with E-state index in [1.165, 1.54) is 0 Å². The molecule has 2 heterocycles. The fourth-order valence-electron chi connectivity index (χ4n) is 2.79. The standard InChI is InChI=1S/C19H17N3O/c23-19(18-7-3-4-10-20-18)22(16-8-9-16)13-14-11-15-5-1-2-6-17(15)21-12-14/h1-7,10-12,16H,8-9,13H2. The van der Waals surface area contributed by atoms with E-state index >= 15 is 0 Å². The molecule has 23 heavy (non-hydrogen) atoms. The van der Waals surface area contributed by atoms with Crippen LogP contribution in [0.15, 0.2) is 60.9 Å². The van der Waals surface area contributed by atoms with Gasteiger partial charge in [-0.05, 0) is 42.7 Å². The van der Waals surface area contributed by atoms with E-state index in [0.29, 0.717) is 18.3 Å². The molecule has 0 aliphatic heterocycles. The second-order valence-corrected chi connectivity index (χ2v) is 5.92. The van der Waals surface area contributed by atoms with Crippen LogP contribution >= 0.6 is 0 Å². The summed E-state index contributed by atoms with van der Waals surface area (Å²) < 4.78 is 0. The normalized spacial score (nSPS) is 13.9. The molecule has 0 N–H and O–H groups in total. The van der Waals surface area contributed by atoms with E-state index in [0.717, 1.165) is 29.3 Å². The summed E-state index contributed by atoms with van der Waals surface area (Å²) in [6.07, 6.45) is 5.67. The van der Waals surface area contributed by atoms with Crippen molar-refractivity contribution in [2.24, 2.45) is 0 Å². The number of para-hydroxylation sites is 1. The molecule has 0 unspecified atom stereocenters. The van der Waals surface area contributed by atoms with Gasteiger partial charge in [0.1, 0.15) is 5.69 Å². The maximum atomic E-state index is 12.7. The average Bonchev–Trinajstić information content (AvgIpc) is 3.45. The highest BCUT2D eigenvalue weighted by atomic mass is 16.2. The highest BCUT2D eigenvalue weighted by Gasteiger charge is 2.33. The lowest BCUT2D eigenvalue weighted by Crippen LogP contribution is -2.33. The molecule has 1 aliphatic rings. The van der Waals surface area contributed by atoms with Gasteiger partial charge < -0.3 is 4.90 Å². The largest absolute Gasteiger partial charge is 0.330 e. The van der Waals surface area contributed by atoms with Gasteiger partial charge in [-0.2, -0.15) is 0 Å². The van der Waals surface area contributed by atoms with Gasteiger partial charge in [0.25, 0.3) is 5.91 Å². The second kappa shape index (κ2) is 5.80. The topological polar surface area (TPSA) is 46.1 Å². The van der Waals surface area contributed by atoms with E-state index < -0.39 is 0 Å². The zero-order valence-electron chi connectivity index (χ0n) is 12.7. The Labute approximate surface area is 134 Å². The molecule has 1 aromatic carbocycles. The third kappa shape index (κ3) is 2.93. The molecule has 0 radical (unpaired) electrons. The summed E-state index contributed by atoms with van der Waals surface area (Å²) in [7, 11) is 0. The van der Waals surface area contributed by atoms with Crippen molar-refractivity contribution in [3.05, 3.63) is 72.2 Å². The van der Waals surface area contributed by atoms with Gasteiger partial charge in [0, 0.05) is 30.4 Å². The predicted octanol–water partition coefficient (Wildman–Crippen LogP) is 3.43. The Morgan fingerprint density at radius 3 is 2.70 bits per heavy atom. The van der Waals surface area contributed by atoms with E-state index in [2.05, 4.69) is 16.0 Å². The van der Waals surface area contributed by atoms with Gasteiger partial charge in [-0.1, -0.05) is 24.3 Å². The summed E-state index contributed by atoms with van der Waals surface area (Å²) in [6.45, 7) is 0.581. The molecule has 3 aromatic rings. The first-order valence-electron chi connectivity index (χ1n) is 7.87. The van der Waals surface area contributed by atoms with Crippen LogP contribution in [0.25, 0.3) is 10.9 Å². The summed E-state index contributed by atoms with van der Waals surface area (Å²) >= 11 is 0. The number of aromatic nitrogens is 2. The number of carbonyl (C=O) groups excluding carboxylic acids is 1. The minimum atomic E-state index is 0.00117. The van der Waals surface area contributed by atoms with Crippen molar-refractivity contribution >= 4 is 16.8 Å². The van der Waals surface area contributed by atoms with Crippen LogP contribution in [0.5, 0.6) is 0 Å². The van der Waals surface area contributed by atoms with Crippen LogP contribution in [-0.4, -0.2) is 26.8 Å². The molecule has 1 amide bonds. The van der Waals surface area contributed by atoms with Crippen molar-refractivity contribution in [2.75, 3.05) is 0 Å². The van der Waals surface area contributed by atoms with Crippen LogP contribution in [0.4, 0.5) is 0 Å². The van der Waals surface area contributed by atoms with Crippen molar-refractivity contribution in [1.82, 2.24) is 14.9 Å². The minimum Gasteiger partial charge on any atom is -0.330 e. The number of hydrogen-bond donors (Lipinski definition) is 0. The third-order valence-corrected chi connectivity index (χ3v) is 4.13. The highest BCUT2D eigenvalue weighted by Crippen LogP contribution is 2.29. The summed E-state index contributed by atoms with van der Waals surface area (Å²) in [4.78, 5) is 23.3. The van der Waals surface area contributed by atoms with Crippen molar-refractivity contribution in [3.63, 3.8) is 0 Å².